The lowest BCUT2D eigenvalue weighted by Gasteiger charge is -2.09. The maximum atomic E-state index is 11.9. The van der Waals surface area contributed by atoms with Crippen molar-refractivity contribution in [1.82, 2.24) is 5.32 Å². The lowest BCUT2D eigenvalue weighted by Crippen LogP contribution is -2.21. The maximum Gasteiger partial charge on any atom is 0.390 e. The average molecular weight is 249 g/mol. The van der Waals surface area contributed by atoms with Crippen LogP contribution in [0.25, 0.3) is 0 Å². The van der Waals surface area contributed by atoms with Gasteiger partial charge in [-0.1, -0.05) is 6.07 Å². The summed E-state index contributed by atoms with van der Waals surface area (Å²) in [5.41, 5.74) is 0.535. The van der Waals surface area contributed by atoms with Gasteiger partial charge >= 0.3 is 6.18 Å². The molecule has 0 amide bonds. The molecule has 3 nitrogen and oxygen atoms in total. The van der Waals surface area contributed by atoms with Gasteiger partial charge in [0.25, 0.3) is 0 Å². The van der Waals surface area contributed by atoms with Gasteiger partial charge in [-0.2, -0.15) is 13.2 Å². The highest BCUT2D eigenvalue weighted by Crippen LogP contribution is 2.23. The van der Waals surface area contributed by atoms with E-state index in [1.807, 2.05) is 0 Å². The monoisotopic (exact) mass is 249 g/mol. The molecule has 6 heteroatoms. The van der Waals surface area contributed by atoms with Crippen molar-refractivity contribution in [3.8, 4) is 11.5 Å². The van der Waals surface area contributed by atoms with Gasteiger partial charge in [0.1, 0.15) is 11.5 Å². The summed E-state index contributed by atoms with van der Waals surface area (Å²) in [7, 11) is 1.47. The van der Waals surface area contributed by atoms with E-state index < -0.39 is 12.6 Å². The van der Waals surface area contributed by atoms with Crippen LogP contribution in [0.4, 0.5) is 13.2 Å². The molecule has 0 radical (unpaired) electrons. The van der Waals surface area contributed by atoms with Crippen LogP contribution in [0.1, 0.15) is 12.0 Å². The van der Waals surface area contributed by atoms with Gasteiger partial charge in [-0.05, 0) is 6.07 Å². The highest BCUT2D eigenvalue weighted by Gasteiger charge is 2.25. The van der Waals surface area contributed by atoms with Crippen LogP contribution in [0.15, 0.2) is 18.2 Å². The number of methoxy groups -OCH3 is 1. The summed E-state index contributed by atoms with van der Waals surface area (Å²) in [4.78, 5) is 0. The molecule has 1 rings (SSSR count). The van der Waals surface area contributed by atoms with Gasteiger partial charge in [-0.25, -0.2) is 0 Å². The van der Waals surface area contributed by atoms with Gasteiger partial charge in [0, 0.05) is 24.7 Å². The summed E-state index contributed by atoms with van der Waals surface area (Å²) in [6, 6.07) is 4.66. The van der Waals surface area contributed by atoms with Crippen LogP contribution < -0.4 is 10.1 Å². The molecule has 0 bridgehead atoms. The summed E-state index contributed by atoms with van der Waals surface area (Å²) in [6.07, 6.45) is -5.04. The fraction of sp³-hybridized carbons (Fsp3) is 0.455. The third-order valence-corrected chi connectivity index (χ3v) is 2.19. The smallest absolute Gasteiger partial charge is 0.390 e. The minimum atomic E-state index is -4.16. The molecular weight excluding hydrogens is 235 g/mol. The summed E-state index contributed by atoms with van der Waals surface area (Å²) in [6.45, 7) is 0.0148. The molecule has 0 spiro atoms. The molecule has 0 saturated heterocycles. The third-order valence-electron chi connectivity index (χ3n) is 2.19. The lowest BCUT2D eigenvalue weighted by atomic mass is 10.2. The second-order valence-electron chi connectivity index (χ2n) is 3.54. The Bertz CT molecular complexity index is 366. The van der Waals surface area contributed by atoms with Gasteiger partial charge < -0.3 is 15.2 Å². The number of alkyl halides is 3. The van der Waals surface area contributed by atoms with Crippen LogP contribution >= 0.6 is 0 Å². The Morgan fingerprint density at radius 2 is 2.06 bits per heavy atom. The molecule has 0 aliphatic carbocycles. The topological polar surface area (TPSA) is 41.5 Å². The summed E-state index contributed by atoms with van der Waals surface area (Å²) < 4.78 is 40.5. The van der Waals surface area contributed by atoms with Crippen molar-refractivity contribution in [2.45, 2.75) is 19.1 Å². The molecule has 0 aliphatic heterocycles. The Kier molecular flexibility index (Phi) is 4.62. The van der Waals surface area contributed by atoms with E-state index in [2.05, 4.69) is 5.32 Å². The SMILES string of the molecule is COc1ccc(CNCCC(F)(F)F)c(O)c1. The zero-order valence-electron chi connectivity index (χ0n) is 9.34. The molecule has 0 unspecified atom stereocenters. The second kappa shape index (κ2) is 5.77. The molecule has 0 saturated carbocycles. The lowest BCUT2D eigenvalue weighted by molar-refractivity contribution is -0.133. The van der Waals surface area contributed by atoms with Crippen LogP contribution in [0.3, 0.4) is 0 Å². The van der Waals surface area contributed by atoms with E-state index in [1.54, 1.807) is 12.1 Å². The highest BCUT2D eigenvalue weighted by atomic mass is 19.4. The first-order valence-corrected chi connectivity index (χ1v) is 5.06. The van der Waals surface area contributed by atoms with E-state index >= 15 is 0 Å². The van der Waals surface area contributed by atoms with Crippen LogP contribution in [0, 0.1) is 0 Å². The van der Waals surface area contributed by atoms with E-state index in [9.17, 15) is 18.3 Å². The predicted molar refractivity (Wildman–Crippen MR) is 57.0 cm³/mol. The van der Waals surface area contributed by atoms with Crippen LogP contribution in [0.5, 0.6) is 11.5 Å². The van der Waals surface area contributed by atoms with Gasteiger partial charge in [-0.15, -0.1) is 0 Å². The first-order chi connectivity index (χ1) is 7.92. The normalized spacial score (nSPS) is 11.5. The average Bonchev–Trinajstić information content (AvgIpc) is 2.24. The van der Waals surface area contributed by atoms with Crippen molar-refractivity contribution in [3.05, 3.63) is 23.8 Å². The molecular formula is C11H14F3NO2. The van der Waals surface area contributed by atoms with Crippen LogP contribution in [-0.4, -0.2) is 24.9 Å². The summed E-state index contributed by atoms with van der Waals surface area (Å²) in [5.74, 6) is 0.505. The highest BCUT2D eigenvalue weighted by molar-refractivity contribution is 5.39. The molecule has 0 heterocycles. The number of nitrogens with one attached hydrogen (secondary N) is 1. The van der Waals surface area contributed by atoms with E-state index in [4.69, 9.17) is 4.74 Å². The van der Waals surface area contributed by atoms with Crippen LogP contribution in [-0.2, 0) is 6.54 Å². The summed E-state index contributed by atoms with van der Waals surface area (Å²) >= 11 is 0. The molecule has 1 aromatic carbocycles. The number of rotatable bonds is 5. The molecule has 2 N–H and O–H groups in total. The Hall–Kier alpha value is -1.43. The van der Waals surface area contributed by atoms with Gasteiger partial charge in [0.2, 0.25) is 0 Å². The Balaban J connectivity index is 2.42. The number of phenols is 1. The first kappa shape index (κ1) is 13.6. The molecule has 96 valence electrons. The van der Waals surface area contributed by atoms with Crippen molar-refractivity contribution in [2.75, 3.05) is 13.7 Å². The Morgan fingerprint density at radius 1 is 1.35 bits per heavy atom. The molecule has 1 aromatic rings. The Morgan fingerprint density at radius 3 is 2.59 bits per heavy atom. The fourth-order valence-electron chi connectivity index (χ4n) is 1.27. The van der Waals surface area contributed by atoms with Crippen molar-refractivity contribution in [3.63, 3.8) is 0 Å². The third kappa shape index (κ3) is 4.95. The van der Waals surface area contributed by atoms with E-state index in [-0.39, 0.29) is 18.8 Å². The van der Waals surface area contributed by atoms with Crippen LogP contribution in [0.2, 0.25) is 0 Å². The van der Waals surface area contributed by atoms with Crippen molar-refractivity contribution in [1.29, 1.82) is 0 Å². The zero-order valence-corrected chi connectivity index (χ0v) is 9.34. The van der Waals surface area contributed by atoms with Crippen molar-refractivity contribution < 1.29 is 23.0 Å². The number of benzene rings is 1. The fourth-order valence-corrected chi connectivity index (χ4v) is 1.27. The number of hydrogen-bond donors (Lipinski definition) is 2. The molecule has 0 fully saturated rings. The van der Waals surface area contributed by atoms with Crippen molar-refractivity contribution >= 4 is 0 Å². The Labute approximate surface area is 97.2 Å². The maximum absolute atomic E-state index is 11.9. The second-order valence-corrected chi connectivity index (χ2v) is 3.54. The van der Waals surface area contributed by atoms with Gasteiger partial charge in [0.05, 0.1) is 13.5 Å². The van der Waals surface area contributed by atoms with E-state index in [1.165, 1.54) is 13.2 Å². The van der Waals surface area contributed by atoms with E-state index in [0.717, 1.165) is 0 Å². The molecule has 17 heavy (non-hydrogen) atoms. The largest absolute Gasteiger partial charge is 0.507 e. The van der Waals surface area contributed by atoms with Gasteiger partial charge in [0.15, 0.2) is 0 Å². The first-order valence-electron chi connectivity index (χ1n) is 5.06. The standard InChI is InChI=1S/C11H14F3NO2/c1-17-9-3-2-8(10(16)6-9)7-15-5-4-11(12,13)14/h2-3,6,15-16H,4-5,7H2,1H3. The molecule has 0 aromatic heterocycles. The quantitative estimate of drug-likeness (QED) is 0.787. The number of ether oxygens (including phenoxy) is 1. The predicted octanol–water partition coefficient (Wildman–Crippen LogP) is 2.44. The molecule has 0 aliphatic rings. The molecule has 0 atom stereocenters. The summed E-state index contributed by atoms with van der Waals surface area (Å²) in [5, 5.41) is 12.2. The minimum absolute atomic E-state index is 0.00357. The number of halogens is 3. The minimum Gasteiger partial charge on any atom is -0.507 e. The number of hydrogen-bond acceptors (Lipinski definition) is 3. The number of phenolic OH excluding ortho intramolecular Hbond substituents is 1. The van der Waals surface area contributed by atoms with E-state index in [0.29, 0.717) is 11.3 Å². The number of aromatic hydroxyl groups is 1. The van der Waals surface area contributed by atoms with Crippen molar-refractivity contribution in [2.24, 2.45) is 0 Å². The zero-order chi connectivity index (χ0) is 12.9. The van der Waals surface area contributed by atoms with Gasteiger partial charge in [-0.3, -0.25) is 0 Å².